The Morgan fingerprint density at radius 2 is 1.90 bits per heavy atom. The van der Waals surface area contributed by atoms with E-state index in [1.165, 1.54) is 11.1 Å². The lowest BCUT2D eigenvalue weighted by Gasteiger charge is -2.27. The van der Waals surface area contributed by atoms with Gasteiger partial charge in [-0.3, -0.25) is 14.7 Å². The van der Waals surface area contributed by atoms with Crippen LogP contribution in [0.3, 0.4) is 0 Å². The fourth-order valence-electron chi connectivity index (χ4n) is 3.34. The summed E-state index contributed by atoms with van der Waals surface area (Å²) < 4.78 is 5.44. The number of nitrogens with zero attached hydrogens (tertiary/aromatic N) is 2. The van der Waals surface area contributed by atoms with E-state index in [4.69, 9.17) is 11.2 Å². The largest absolute Gasteiger partial charge is 0.379 e. The third kappa shape index (κ3) is 7.14. The first-order chi connectivity index (χ1) is 15.2. The number of carbonyl (C=O) groups excluding carboxylic acids is 1. The van der Waals surface area contributed by atoms with Gasteiger partial charge in [0.1, 0.15) is 0 Å². The number of carbonyl (C=O) groups is 1. The minimum absolute atomic E-state index is 0.0926. The molecule has 3 rings (SSSR count). The average Bonchev–Trinajstić information content (AvgIpc) is 2.81. The summed E-state index contributed by atoms with van der Waals surface area (Å²) in [5.41, 5.74) is 3.87. The summed E-state index contributed by atoms with van der Waals surface area (Å²) in [5, 5.41) is 9.17. The van der Waals surface area contributed by atoms with Crippen LogP contribution in [0, 0.1) is 12.3 Å². The number of guanidine groups is 1. The van der Waals surface area contributed by atoms with Crippen molar-refractivity contribution in [2.75, 3.05) is 45.2 Å². The van der Waals surface area contributed by atoms with E-state index in [2.05, 4.69) is 50.0 Å². The van der Waals surface area contributed by atoms with Gasteiger partial charge in [0.2, 0.25) is 5.91 Å². The lowest BCUT2D eigenvalue weighted by atomic mass is 10.1. The lowest BCUT2D eigenvalue weighted by Crippen LogP contribution is -2.41. The first-order valence-electron chi connectivity index (χ1n) is 10.4. The molecule has 1 amide bonds. The average molecular weight is 420 g/mol. The van der Waals surface area contributed by atoms with E-state index in [0.717, 1.165) is 38.4 Å². The molecule has 0 aromatic heterocycles. The normalized spacial score (nSPS) is 14.5. The van der Waals surface area contributed by atoms with Crippen LogP contribution in [0.1, 0.15) is 16.7 Å². The molecule has 0 radical (unpaired) electrons. The topological polar surface area (TPSA) is 78.0 Å². The first kappa shape index (κ1) is 22.3. The van der Waals surface area contributed by atoms with Crippen molar-refractivity contribution in [3.8, 4) is 12.3 Å². The predicted molar refractivity (Wildman–Crippen MR) is 124 cm³/mol. The van der Waals surface area contributed by atoms with Crippen molar-refractivity contribution in [2.24, 2.45) is 4.99 Å². The van der Waals surface area contributed by atoms with Gasteiger partial charge in [0.15, 0.2) is 5.96 Å². The van der Waals surface area contributed by atoms with Crippen molar-refractivity contribution in [1.29, 1.82) is 0 Å². The van der Waals surface area contributed by atoms with E-state index in [1.54, 1.807) is 19.2 Å². The van der Waals surface area contributed by atoms with Crippen molar-refractivity contribution in [1.82, 2.24) is 15.5 Å². The van der Waals surface area contributed by atoms with Crippen LogP contribution in [0.2, 0.25) is 0 Å². The molecule has 0 aliphatic carbocycles. The van der Waals surface area contributed by atoms with Crippen LogP contribution >= 0.6 is 0 Å². The van der Waals surface area contributed by atoms with Crippen molar-refractivity contribution in [3.63, 3.8) is 0 Å². The third-order valence-corrected chi connectivity index (χ3v) is 5.02. The van der Waals surface area contributed by atoms with Crippen LogP contribution in [0.5, 0.6) is 0 Å². The first-order valence-corrected chi connectivity index (χ1v) is 10.4. The van der Waals surface area contributed by atoms with Crippen LogP contribution in [0.15, 0.2) is 53.5 Å². The zero-order chi connectivity index (χ0) is 21.9. The van der Waals surface area contributed by atoms with Gasteiger partial charge in [-0.2, -0.15) is 0 Å². The summed E-state index contributed by atoms with van der Waals surface area (Å²) in [6.07, 6.45) is 5.40. The molecule has 3 N–H and O–H groups in total. The van der Waals surface area contributed by atoms with Gasteiger partial charge in [0.25, 0.3) is 0 Å². The van der Waals surface area contributed by atoms with Crippen molar-refractivity contribution in [3.05, 3.63) is 65.2 Å². The van der Waals surface area contributed by atoms with E-state index in [0.29, 0.717) is 18.2 Å². The van der Waals surface area contributed by atoms with Crippen LogP contribution in [-0.2, 0) is 22.6 Å². The second kappa shape index (κ2) is 11.7. The van der Waals surface area contributed by atoms with Crippen LogP contribution < -0.4 is 16.0 Å². The Hall–Kier alpha value is -3.34. The maximum atomic E-state index is 12.3. The van der Waals surface area contributed by atoms with E-state index in [1.807, 2.05) is 18.2 Å². The number of rotatable bonds is 7. The van der Waals surface area contributed by atoms with Gasteiger partial charge in [-0.05, 0) is 29.3 Å². The van der Waals surface area contributed by atoms with Crippen molar-refractivity contribution < 1.29 is 9.53 Å². The highest BCUT2D eigenvalue weighted by Crippen LogP contribution is 2.13. The minimum atomic E-state index is -0.176. The molecule has 2 aromatic carbocycles. The number of amides is 1. The molecule has 0 atom stereocenters. The standard InChI is InChI=1S/C24H29N5O2/c1-3-19-7-6-10-22(15-19)28-23(30)17-27-24(25-2)26-16-20-8-4-5-9-21(20)18-29-11-13-31-14-12-29/h1,4-10,15H,11-14,16-18H2,2H3,(H,28,30)(H2,25,26,27). The van der Waals surface area contributed by atoms with E-state index in [9.17, 15) is 4.79 Å². The van der Waals surface area contributed by atoms with E-state index < -0.39 is 0 Å². The van der Waals surface area contributed by atoms with Gasteiger partial charge in [-0.15, -0.1) is 6.42 Å². The Morgan fingerprint density at radius 1 is 1.13 bits per heavy atom. The molecule has 1 saturated heterocycles. The third-order valence-electron chi connectivity index (χ3n) is 5.02. The number of ether oxygens (including phenoxy) is 1. The molecule has 1 aliphatic rings. The zero-order valence-electron chi connectivity index (χ0n) is 17.9. The number of aliphatic imine (C=N–C) groups is 1. The SMILES string of the molecule is C#Cc1cccc(NC(=O)CNC(=NC)NCc2ccccc2CN2CCOCC2)c1. The summed E-state index contributed by atoms with van der Waals surface area (Å²) in [6, 6.07) is 15.6. The molecule has 162 valence electrons. The Bertz CT molecular complexity index is 945. The van der Waals surface area contributed by atoms with Gasteiger partial charge >= 0.3 is 0 Å². The summed E-state index contributed by atoms with van der Waals surface area (Å²) >= 11 is 0. The predicted octanol–water partition coefficient (Wildman–Crippen LogP) is 1.80. The lowest BCUT2D eigenvalue weighted by molar-refractivity contribution is -0.115. The number of anilines is 1. The molecule has 0 spiro atoms. The fraction of sp³-hybridized carbons (Fsp3) is 0.333. The molecular formula is C24H29N5O2. The summed E-state index contributed by atoms with van der Waals surface area (Å²) in [7, 11) is 1.68. The zero-order valence-corrected chi connectivity index (χ0v) is 17.9. The molecule has 0 unspecified atom stereocenters. The Kier molecular flexibility index (Phi) is 8.47. The highest BCUT2D eigenvalue weighted by molar-refractivity contribution is 5.95. The molecular weight excluding hydrogens is 390 g/mol. The smallest absolute Gasteiger partial charge is 0.243 e. The van der Waals surface area contributed by atoms with Gasteiger partial charge in [0.05, 0.1) is 19.8 Å². The van der Waals surface area contributed by atoms with Crippen molar-refractivity contribution in [2.45, 2.75) is 13.1 Å². The molecule has 0 bridgehead atoms. The summed E-state index contributed by atoms with van der Waals surface area (Å²) in [4.78, 5) is 18.9. The maximum Gasteiger partial charge on any atom is 0.243 e. The second-order valence-corrected chi connectivity index (χ2v) is 7.21. The number of nitrogens with one attached hydrogen (secondary N) is 3. The van der Waals surface area contributed by atoms with Crippen LogP contribution in [0.25, 0.3) is 0 Å². The second-order valence-electron chi connectivity index (χ2n) is 7.21. The van der Waals surface area contributed by atoms with Gasteiger partial charge < -0.3 is 20.7 Å². The molecule has 1 fully saturated rings. The number of hydrogen-bond donors (Lipinski definition) is 3. The van der Waals surface area contributed by atoms with Crippen LogP contribution in [-0.4, -0.2) is 56.7 Å². The molecule has 7 heteroatoms. The number of terminal acetylenes is 1. The molecule has 0 saturated carbocycles. The molecule has 2 aromatic rings. The summed E-state index contributed by atoms with van der Waals surface area (Å²) in [5.74, 6) is 2.94. The number of hydrogen-bond acceptors (Lipinski definition) is 4. The van der Waals surface area contributed by atoms with Gasteiger partial charge in [-0.25, -0.2) is 0 Å². The minimum Gasteiger partial charge on any atom is -0.379 e. The quantitative estimate of drug-likeness (QED) is 0.362. The Morgan fingerprint density at radius 3 is 2.65 bits per heavy atom. The Labute approximate surface area is 183 Å². The molecule has 7 nitrogen and oxygen atoms in total. The maximum absolute atomic E-state index is 12.3. The van der Waals surface area contributed by atoms with Crippen LogP contribution in [0.4, 0.5) is 5.69 Å². The van der Waals surface area contributed by atoms with Gasteiger partial charge in [0, 0.05) is 44.5 Å². The molecule has 1 aliphatic heterocycles. The molecule has 31 heavy (non-hydrogen) atoms. The molecule has 1 heterocycles. The monoisotopic (exact) mass is 419 g/mol. The van der Waals surface area contributed by atoms with Crippen molar-refractivity contribution >= 4 is 17.6 Å². The highest BCUT2D eigenvalue weighted by Gasteiger charge is 2.13. The Balaban J connectivity index is 1.49. The fourth-order valence-corrected chi connectivity index (χ4v) is 3.34. The van der Waals surface area contributed by atoms with E-state index in [-0.39, 0.29) is 12.5 Å². The summed E-state index contributed by atoms with van der Waals surface area (Å²) in [6.45, 7) is 5.07. The number of morpholine rings is 1. The van der Waals surface area contributed by atoms with Gasteiger partial charge in [-0.1, -0.05) is 36.3 Å². The highest BCUT2D eigenvalue weighted by atomic mass is 16.5. The van der Waals surface area contributed by atoms with E-state index >= 15 is 0 Å². The number of benzene rings is 2.